The van der Waals surface area contributed by atoms with Crippen LogP contribution in [0.25, 0.3) is 0 Å². The zero-order chi connectivity index (χ0) is 19.6. The molecule has 0 saturated heterocycles. The van der Waals surface area contributed by atoms with Crippen molar-refractivity contribution in [3.63, 3.8) is 0 Å². The van der Waals surface area contributed by atoms with Crippen LogP contribution in [0.5, 0.6) is 0 Å². The average Bonchev–Trinajstić information content (AvgIpc) is 2.31. The predicted octanol–water partition coefficient (Wildman–Crippen LogP) is 3.84. The number of carbonyl (C=O) groups excluding carboxylic acids is 2. The summed E-state index contributed by atoms with van der Waals surface area (Å²) < 4.78 is 11.1. The Morgan fingerprint density at radius 2 is 1.08 bits per heavy atom. The Bertz CT molecular complexity index is 443. The van der Waals surface area contributed by atoms with Gasteiger partial charge in [0, 0.05) is 11.6 Å². The molecule has 0 aromatic rings. The molecule has 5 nitrogen and oxygen atoms in total. The molecule has 1 aliphatic carbocycles. The Morgan fingerprint density at radius 1 is 0.720 bits per heavy atom. The van der Waals surface area contributed by atoms with E-state index >= 15 is 0 Å². The van der Waals surface area contributed by atoms with Crippen molar-refractivity contribution >= 4 is 11.9 Å². The van der Waals surface area contributed by atoms with Gasteiger partial charge in [-0.3, -0.25) is 9.59 Å². The molecule has 1 saturated carbocycles. The van der Waals surface area contributed by atoms with Gasteiger partial charge in [-0.2, -0.15) is 0 Å². The van der Waals surface area contributed by atoms with Crippen LogP contribution >= 0.6 is 0 Å². The average molecular weight is 356 g/mol. The Kier molecular flexibility index (Phi) is 6.71. The fourth-order valence-electron chi connectivity index (χ4n) is 3.20. The summed E-state index contributed by atoms with van der Waals surface area (Å²) >= 11 is 0. The van der Waals surface area contributed by atoms with Crippen molar-refractivity contribution in [1.82, 2.24) is 5.32 Å². The van der Waals surface area contributed by atoms with Crippen LogP contribution in [-0.2, 0) is 19.1 Å². The molecule has 0 bridgehead atoms. The van der Waals surface area contributed by atoms with Crippen LogP contribution in [0, 0.1) is 11.8 Å². The van der Waals surface area contributed by atoms with E-state index in [1.165, 1.54) is 0 Å². The van der Waals surface area contributed by atoms with Gasteiger partial charge in [-0.05, 0) is 81.6 Å². The molecular formula is C20H37NO4. The minimum atomic E-state index is -0.525. The van der Waals surface area contributed by atoms with Gasteiger partial charge >= 0.3 is 11.9 Å². The summed E-state index contributed by atoms with van der Waals surface area (Å²) in [5.41, 5.74) is -1.13. The van der Waals surface area contributed by atoms with Crippen molar-refractivity contribution in [2.24, 2.45) is 11.8 Å². The predicted molar refractivity (Wildman–Crippen MR) is 99.2 cm³/mol. The van der Waals surface area contributed by atoms with Crippen molar-refractivity contribution in [3.05, 3.63) is 0 Å². The van der Waals surface area contributed by atoms with Crippen LogP contribution in [0.2, 0.25) is 0 Å². The second kappa shape index (κ2) is 7.65. The van der Waals surface area contributed by atoms with E-state index in [9.17, 15) is 9.59 Å². The fraction of sp³-hybridized carbons (Fsp3) is 0.900. The molecule has 2 unspecified atom stereocenters. The lowest BCUT2D eigenvalue weighted by Gasteiger charge is -2.38. The third kappa shape index (κ3) is 8.70. The maximum absolute atomic E-state index is 12.6. The first-order valence-corrected chi connectivity index (χ1v) is 9.29. The van der Waals surface area contributed by atoms with Crippen LogP contribution in [0.15, 0.2) is 0 Å². The lowest BCUT2D eigenvalue weighted by atomic mass is 9.77. The number of hydrogen-bond acceptors (Lipinski definition) is 5. The van der Waals surface area contributed by atoms with Crippen LogP contribution < -0.4 is 5.32 Å². The van der Waals surface area contributed by atoms with Crippen LogP contribution in [0.4, 0.5) is 0 Å². The number of esters is 2. The summed E-state index contributed by atoms with van der Waals surface area (Å²) in [5, 5.41) is 3.54. The second-order valence-corrected chi connectivity index (χ2v) is 10.3. The van der Waals surface area contributed by atoms with Crippen molar-refractivity contribution in [2.45, 2.75) is 104 Å². The highest BCUT2D eigenvalue weighted by molar-refractivity contribution is 5.77. The van der Waals surface area contributed by atoms with E-state index in [0.29, 0.717) is 19.3 Å². The number of carbonyl (C=O) groups is 2. The molecule has 2 atom stereocenters. The topological polar surface area (TPSA) is 64.6 Å². The van der Waals surface area contributed by atoms with E-state index in [4.69, 9.17) is 9.47 Å². The van der Waals surface area contributed by atoms with Crippen molar-refractivity contribution in [3.8, 4) is 0 Å². The highest BCUT2D eigenvalue weighted by Gasteiger charge is 2.40. The molecule has 1 aliphatic rings. The van der Waals surface area contributed by atoms with Crippen molar-refractivity contribution in [1.29, 1.82) is 0 Å². The number of rotatable bonds is 3. The summed E-state index contributed by atoms with van der Waals surface area (Å²) in [5.74, 6) is -1.02. The molecule has 0 radical (unpaired) electrons. The van der Waals surface area contributed by atoms with Gasteiger partial charge in [0.1, 0.15) is 11.2 Å². The normalized spacial score (nSPS) is 25.4. The van der Waals surface area contributed by atoms with E-state index in [-0.39, 0.29) is 35.4 Å². The lowest BCUT2D eigenvalue weighted by Crippen LogP contribution is -2.50. The molecule has 0 aromatic heterocycles. The van der Waals surface area contributed by atoms with Gasteiger partial charge in [-0.1, -0.05) is 0 Å². The van der Waals surface area contributed by atoms with Crippen molar-refractivity contribution < 1.29 is 19.1 Å². The second-order valence-electron chi connectivity index (χ2n) is 10.3. The first-order valence-electron chi connectivity index (χ1n) is 9.29. The van der Waals surface area contributed by atoms with E-state index in [0.717, 1.165) is 0 Å². The molecule has 146 valence electrons. The van der Waals surface area contributed by atoms with Gasteiger partial charge in [-0.25, -0.2) is 0 Å². The molecule has 25 heavy (non-hydrogen) atoms. The summed E-state index contributed by atoms with van der Waals surface area (Å²) in [6.45, 7) is 17.5. The third-order valence-electron chi connectivity index (χ3n) is 3.82. The molecule has 0 amide bonds. The lowest BCUT2D eigenvalue weighted by molar-refractivity contribution is -0.167. The first kappa shape index (κ1) is 21.9. The van der Waals surface area contributed by atoms with Gasteiger partial charge in [-0.15, -0.1) is 0 Å². The third-order valence-corrected chi connectivity index (χ3v) is 3.82. The number of nitrogens with one attached hydrogen (secondary N) is 1. The fourth-order valence-corrected chi connectivity index (χ4v) is 3.20. The van der Waals surface area contributed by atoms with E-state index in [1.54, 1.807) is 0 Å². The van der Waals surface area contributed by atoms with E-state index in [1.807, 2.05) is 41.5 Å². The van der Waals surface area contributed by atoms with Gasteiger partial charge in [0.05, 0.1) is 11.8 Å². The quantitative estimate of drug-likeness (QED) is 0.779. The Balaban J connectivity index is 2.91. The summed E-state index contributed by atoms with van der Waals surface area (Å²) in [6.07, 6.45) is 1.86. The summed E-state index contributed by atoms with van der Waals surface area (Å²) in [4.78, 5) is 25.2. The van der Waals surface area contributed by atoms with Crippen molar-refractivity contribution in [2.75, 3.05) is 0 Å². The van der Waals surface area contributed by atoms with Crippen LogP contribution in [0.3, 0.4) is 0 Å². The summed E-state index contributed by atoms with van der Waals surface area (Å²) in [6, 6.07) is 0.0868. The number of ether oxygens (including phenoxy) is 2. The van der Waals surface area contributed by atoms with Crippen LogP contribution in [-0.4, -0.2) is 34.7 Å². The minimum Gasteiger partial charge on any atom is -0.460 e. The zero-order valence-corrected chi connectivity index (χ0v) is 17.5. The highest BCUT2D eigenvalue weighted by atomic mass is 16.6. The Hall–Kier alpha value is -1.10. The van der Waals surface area contributed by atoms with Gasteiger partial charge < -0.3 is 14.8 Å². The molecule has 0 spiro atoms. The van der Waals surface area contributed by atoms with Gasteiger partial charge in [0.25, 0.3) is 0 Å². The maximum Gasteiger partial charge on any atom is 0.309 e. The highest BCUT2D eigenvalue weighted by Crippen LogP contribution is 2.33. The molecule has 0 aliphatic heterocycles. The molecule has 0 aromatic carbocycles. The summed E-state index contributed by atoms with van der Waals surface area (Å²) in [7, 11) is 0. The molecular weight excluding hydrogens is 318 g/mol. The number of hydrogen-bond donors (Lipinski definition) is 1. The van der Waals surface area contributed by atoms with E-state index in [2.05, 4.69) is 26.1 Å². The molecule has 0 heterocycles. The smallest absolute Gasteiger partial charge is 0.309 e. The first-order chi connectivity index (χ1) is 11.1. The minimum absolute atomic E-state index is 0.0844. The van der Waals surface area contributed by atoms with E-state index < -0.39 is 11.2 Å². The molecule has 1 N–H and O–H groups in total. The zero-order valence-electron chi connectivity index (χ0n) is 17.5. The molecule has 1 fully saturated rings. The SMILES string of the molecule is CC(C)(C)NC1CC(C(=O)OC(C)(C)C)CC(C(=O)OC(C)(C)C)C1. The molecule has 1 rings (SSSR count). The maximum atomic E-state index is 12.6. The molecule has 5 heteroatoms. The Labute approximate surface area is 153 Å². The van der Waals surface area contributed by atoms with Gasteiger partial charge in [0.2, 0.25) is 0 Å². The largest absolute Gasteiger partial charge is 0.460 e. The standard InChI is InChI=1S/C20H37NO4/c1-18(2,3)21-15-11-13(16(22)24-19(4,5)6)10-14(12-15)17(23)25-20(7,8)9/h13-15,21H,10-12H2,1-9H3. The monoisotopic (exact) mass is 355 g/mol. The van der Waals surface area contributed by atoms with Crippen LogP contribution in [0.1, 0.15) is 81.6 Å². The van der Waals surface area contributed by atoms with Gasteiger partial charge in [0.15, 0.2) is 0 Å². The Morgan fingerprint density at radius 3 is 1.36 bits per heavy atom.